The number of nitrogens with two attached hydrogens (primary N) is 1. The zero-order valence-corrected chi connectivity index (χ0v) is 18.6. The fraction of sp³-hybridized carbons (Fsp3) is 0. The maximum atomic E-state index is 12.1. The number of rotatable bonds is 3. The second-order valence-corrected chi connectivity index (χ2v) is 13.8. The molecule has 0 aliphatic heterocycles. The molecule has 4 aromatic rings. The number of nitrogen functional groups attached to an aromatic ring is 1. The zero-order chi connectivity index (χ0) is 21.5. The third kappa shape index (κ3) is 3.18. The smallest absolute Gasteiger partial charge is 0.262 e. The molecule has 2 N–H and O–H groups in total. The first-order valence-electron chi connectivity index (χ1n) is 7.59. The number of anilines is 1. The Morgan fingerprint density at radius 1 is 0.552 bits per heavy atom. The van der Waals surface area contributed by atoms with Crippen molar-refractivity contribution in [2.45, 2.75) is 14.7 Å². The Kier molecular flexibility index (Phi) is 4.44. The van der Waals surface area contributed by atoms with Gasteiger partial charge in [0.05, 0.1) is 14.7 Å². The van der Waals surface area contributed by atoms with Gasteiger partial charge in [0.2, 0.25) is 0 Å². The summed E-state index contributed by atoms with van der Waals surface area (Å²) in [5.41, 5.74) is 6.06. The maximum Gasteiger partial charge on any atom is 0.262 e. The van der Waals surface area contributed by atoms with Gasteiger partial charge in [0.15, 0.2) is 0 Å². The largest absolute Gasteiger partial charge is 0.398 e. The minimum Gasteiger partial charge on any atom is -0.398 e. The van der Waals surface area contributed by atoms with Gasteiger partial charge in [-0.25, -0.2) is 25.3 Å². The zero-order valence-electron chi connectivity index (χ0n) is 13.8. The molecule has 0 aliphatic rings. The second kappa shape index (κ2) is 6.22. The van der Waals surface area contributed by atoms with E-state index in [2.05, 4.69) is 0 Å². The predicted molar refractivity (Wildman–Crippen MR) is 114 cm³/mol. The standard InChI is InChI=1S/C16H8Cl3NO6S3/c17-27(21,22)12-5-11(20)7-1-2-9-13(28(18,23)24)6-14(29(19,25)26)10-4-3-8(12)15(7)16(9)10/h1-6H,20H2. The molecule has 0 heterocycles. The molecule has 0 amide bonds. The molecular formula is C16H8Cl3NO6S3. The molecule has 0 aliphatic carbocycles. The van der Waals surface area contributed by atoms with Crippen LogP contribution in [0.5, 0.6) is 0 Å². The number of hydrogen-bond donors (Lipinski definition) is 1. The van der Waals surface area contributed by atoms with Crippen molar-refractivity contribution < 1.29 is 25.3 Å². The summed E-state index contributed by atoms with van der Waals surface area (Å²) in [6.07, 6.45) is 0. The van der Waals surface area contributed by atoms with Crippen molar-refractivity contribution in [3.8, 4) is 0 Å². The van der Waals surface area contributed by atoms with Gasteiger partial charge in [-0.3, -0.25) is 0 Å². The summed E-state index contributed by atoms with van der Waals surface area (Å²) in [6.45, 7) is 0. The summed E-state index contributed by atoms with van der Waals surface area (Å²) in [6, 6.07) is 7.64. The van der Waals surface area contributed by atoms with Crippen LogP contribution in [0.4, 0.5) is 5.69 Å². The van der Waals surface area contributed by atoms with Crippen LogP contribution in [-0.2, 0) is 27.2 Å². The minimum absolute atomic E-state index is 0.0561. The number of hydrogen-bond acceptors (Lipinski definition) is 7. The van der Waals surface area contributed by atoms with E-state index in [0.717, 1.165) is 6.07 Å². The quantitative estimate of drug-likeness (QED) is 0.250. The highest BCUT2D eigenvalue weighted by Gasteiger charge is 2.27. The lowest BCUT2D eigenvalue weighted by Gasteiger charge is -2.17. The Morgan fingerprint density at radius 3 is 1.24 bits per heavy atom. The van der Waals surface area contributed by atoms with Crippen LogP contribution in [0.15, 0.2) is 51.1 Å². The summed E-state index contributed by atoms with van der Waals surface area (Å²) in [5.74, 6) is 0. The summed E-state index contributed by atoms with van der Waals surface area (Å²) in [5, 5.41) is 1.05. The fourth-order valence-electron chi connectivity index (χ4n) is 3.53. The number of halogens is 3. The Morgan fingerprint density at radius 2 is 0.862 bits per heavy atom. The molecule has 4 rings (SSSR count). The van der Waals surface area contributed by atoms with Crippen LogP contribution in [0.25, 0.3) is 32.3 Å². The predicted octanol–water partition coefficient (Wildman–Crippen LogP) is 3.95. The first-order valence-corrected chi connectivity index (χ1v) is 14.5. The van der Waals surface area contributed by atoms with Crippen molar-refractivity contribution in [2.24, 2.45) is 0 Å². The lowest BCUT2D eigenvalue weighted by atomic mass is 9.93. The normalized spacial score (nSPS) is 13.6. The highest BCUT2D eigenvalue weighted by atomic mass is 35.7. The summed E-state index contributed by atoms with van der Waals surface area (Å²) < 4.78 is 72.7. The molecule has 7 nitrogen and oxygen atoms in total. The van der Waals surface area contributed by atoms with Gasteiger partial charge in [-0.05, 0) is 12.1 Å². The van der Waals surface area contributed by atoms with Crippen LogP contribution >= 0.6 is 32.0 Å². The highest BCUT2D eigenvalue weighted by molar-refractivity contribution is 8.14. The second-order valence-electron chi connectivity index (χ2n) is 6.22. The van der Waals surface area contributed by atoms with Gasteiger partial charge in [0, 0.05) is 70.1 Å². The molecule has 29 heavy (non-hydrogen) atoms. The molecule has 0 saturated carbocycles. The van der Waals surface area contributed by atoms with E-state index in [4.69, 9.17) is 37.8 Å². The Hall–Kier alpha value is -1.56. The van der Waals surface area contributed by atoms with E-state index in [9.17, 15) is 25.3 Å². The molecule has 0 bridgehead atoms. The van der Waals surface area contributed by atoms with Gasteiger partial charge < -0.3 is 5.73 Å². The van der Waals surface area contributed by atoms with Crippen molar-refractivity contribution in [1.82, 2.24) is 0 Å². The minimum atomic E-state index is -4.39. The first kappa shape index (κ1) is 20.7. The molecular weight excluding hydrogens is 505 g/mol. The molecule has 0 saturated heterocycles. The van der Waals surface area contributed by atoms with Crippen molar-refractivity contribution in [3.63, 3.8) is 0 Å². The van der Waals surface area contributed by atoms with Crippen LogP contribution in [0.1, 0.15) is 0 Å². The van der Waals surface area contributed by atoms with Crippen molar-refractivity contribution in [2.75, 3.05) is 5.73 Å². The van der Waals surface area contributed by atoms with Crippen molar-refractivity contribution in [3.05, 3.63) is 36.4 Å². The Balaban J connectivity index is 2.47. The van der Waals surface area contributed by atoms with E-state index in [1.807, 2.05) is 0 Å². The SMILES string of the molecule is Nc1cc(S(=O)(=O)Cl)c2ccc3c(S(=O)(=O)Cl)cc(S(=O)(=O)Cl)c4ccc1c2c43. The van der Waals surface area contributed by atoms with Gasteiger partial charge >= 0.3 is 0 Å². The molecule has 152 valence electrons. The van der Waals surface area contributed by atoms with E-state index in [1.54, 1.807) is 0 Å². The van der Waals surface area contributed by atoms with E-state index in [0.29, 0.717) is 5.39 Å². The van der Waals surface area contributed by atoms with Crippen molar-refractivity contribution >= 4 is 97.2 Å². The first-order chi connectivity index (χ1) is 13.2. The van der Waals surface area contributed by atoms with Crippen LogP contribution in [0.2, 0.25) is 0 Å². The Bertz CT molecular complexity index is 1630. The van der Waals surface area contributed by atoms with Gasteiger partial charge in [-0.15, -0.1) is 0 Å². The van der Waals surface area contributed by atoms with Gasteiger partial charge in [0.25, 0.3) is 27.2 Å². The van der Waals surface area contributed by atoms with E-state index < -0.39 is 36.9 Å². The molecule has 0 spiro atoms. The van der Waals surface area contributed by atoms with E-state index in [-0.39, 0.29) is 37.5 Å². The van der Waals surface area contributed by atoms with Gasteiger partial charge in [-0.2, -0.15) is 0 Å². The third-order valence-electron chi connectivity index (χ3n) is 4.60. The highest BCUT2D eigenvalue weighted by Crippen LogP contribution is 2.45. The topological polar surface area (TPSA) is 128 Å². The maximum absolute atomic E-state index is 12.1. The number of benzene rings is 4. The van der Waals surface area contributed by atoms with Gasteiger partial charge in [0.1, 0.15) is 0 Å². The Labute approximate surface area is 178 Å². The van der Waals surface area contributed by atoms with Crippen LogP contribution in [0, 0.1) is 0 Å². The van der Waals surface area contributed by atoms with Gasteiger partial charge in [-0.1, -0.05) is 24.3 Å². The average Bonchev–Trinajstić information content (AvgIpc) is 2.57. The lowest BCUT2D eigenvalue weighted by Crippen LogP contribution is -2.02. The van der Waals surface area contributed by atoms with Crippen LogP contribution < -0.4 is 5.73 Å². The monoisotopic (exact) mass is 511 g/mol. The molecule has 4 aromatic carbocycles. The average molecular weight is 513 g/mol. The third-order valence-corrected chi connectivity index (χ3v) is 8.69. The molecule has 0 atom stereocenters. The van der Waals surface area contributed by atoms with E-state index in [1.165, 1.54) is 30.3 Å². The van der Waals surface area contributed by atoms with Crippen LogP contribution in [-0.4, -0.2) is 25.3 Å². The van der Waals surface area contributed by atoms with Crippen LogP contribution in [0.3, 0.4) is 0 Å². The molecule has 0 fully saturated rings. The molecule has 0 aromatic heterocycles. The molecule has 13 heteroatoms. The molecule has 0 unspecified atom stereocenters. The molecule has 0 radical (unpaired) electrons. The summed E-state index contributed by atoms with van der Waals surface area (Å²) >= 11 is 0. The summed E-state index contributed by atoms with van der Waals surface area (Å²) in [4.78, 5) is -1.27. The van der Waals surface area contributed by atoms with E-state index >= 15 is 0 Å². The summed E-state index contributed by atoms with van der Waals surface area (Å²) in [7, 11) is 3.61. The van der Waals surface area contributed by atoms with Crippen molar-refractivity contribution in [1.29, 1.82) is 0 Å². The fourth-order valence-corrected chi connectivity index (χ4v) is 6.84. The lowest BCUT2D eigenvalue weighted by molar-refractivity contribution is 0.607.